The van der Waals surface area contributed by atoms with E-state index in [1.807, 2.05) is 79.7 Å². The molecule has 3 rings (SSSR count). The normalized spacial score (nSPS) is 10.4. The van der Waals surface area contributed by atoms with Crippen molar-refractivity contribution < 1.29 is 14.6 Å². The van der Waals surface area contributed by atoms with E-state index < -0.39 is 5.97 Å². The molecule has 0 saturated heterocycles. The van der Waals surface area contributed by atoms with Gasteiger partial charge in [0.2, 0.25) is 0 Å². The number of carbonyl (C=O) groups is 1. The monoisotopic (exact) mass is 332 g/mol. The molecule has 0 saturated carbocycles. The molecule has 0 spiro atoms. The van der Waals surface area contributed by atoms with Crippen LogP contribution in [0.4, 0.5) is 0 Å². The van der Waals surface area contributed by atoms with E-state index in [9.17, 15) is 4.79 Å². The van der Waals surface area contributed by atoms with Crippen LogP contribution < -0.4 is 4.74 Å². The van der Waals surface area contributed by atoms with Crippen molar-refractivity contribution in [2.24, 2.45) is 0 Å². The van der Waals surface area contributed by atoms with Crippen molar-refractivity contribution in [3.63, 3.8) is 0 Å². The average Bonchev–Trinajstić information content (AvgIpc) is 2.62. The molecule has 0 aromatic heterocycles. The van der Waals surface area contributed by atoms with E-state index in [2.05, 4.69) is 0 Å². The summed E-state index contributed by atoms with van der Waals surface area (Å²) in [7, 11) is 0. The molecule has 0 fully saturated rings. The van der Waals surface area contributed by atoms with Gasteiger partial charge in [-0.3, -0.25) is 4.79 Å². The summed E-state index contributed by atoms with van der Waals surface area (Å²) in [5, 5.41) is 9.11. The van der Waals surface area contributed by atoms with Gasteiger partial charge in [-0.25, -0.2) is 0 Å². The summed E-state index contributed by atoms with van der Waals surface area (Å²) in [6.07, 6.45) is 0.0157. The van der Waals surface area contributed by atoms with E-state index in [4.69, 9.17) is 9.84 Å². The fourth-order valence-electron chi connectivity index (χ4n) is 2.75. The van der Waals surface area contributed by atoms with Gasteiger partial charge in [0.15, 0.2) is 0 Å². The van der Waals surface area contributed by atoms with Crippen molar-refractivity contribution in [2.45, 2.75) is 20.0 Å². The molecule has 0 radical (unpaired) electrons. The molecule has 0 heterocycles. The molecule has 0 bridgehead atoms. The van der Waals surface area contributed by atoms with Crippen LogP contribution in [0, 0.1) is 6.92 Å². The van der Waals surface area contributed by atoms with E-state index in [0.29, 0.717) is 6.61 Å². The molecule has 0 aliphatic rings. The van der Waals surface area contributed by atoms with Gasteiger partial charge in [0, 0.05) is 0 Å². The molecule has 3 nitrogen and oxygen atoms in total. The summed E-state index contributed by atoms with van der Waals surface area (Å²) >= 11 is 0. The second-order valence-electron chi connectivity index (χ2n) is 6.03. The standard InChI is InChI=1S/C22H20O3/c1-16-7-8-19(14-22(23)24)21(13-16)18-9-11-20(12-10-18)25-15-17-5-3-2-4-6-17/h2-13H,14-15H2,1H3,(H,23,24). The van der Waals surface area contributed by atoms with E-state index in [1.54, 1.807) is 0 Å². The minimum absolute atomic E-state index is 0.0157. The number of ether oxygens (including phenoxy) is 1. The van der Waals surface area contributed by atoms with Gasteiger partial charge < -0.3 is 9.84 Å². The van der Waals surface area contributed by atoms with Gasteiger partial charge in [-0.1, -0.05) is 66.2 Å². The molecule has 0 atom stereocenters. The predicted octanol–water partition coefficient (Wildman–Crippen LogP) is 4.87. The summed E-state index contributed by atoms with van der Waals surface area (Å²) in [6, 6.07) is 23.7. The van der Waals surface area contributed by atoms with Crippen LogP contribution in [-0.2, 0) is 17.8 Å². The van der Waals surface area contributed by atoms with Crippen molar-refractivity contribution in [1.82, 2.24) is 0 Å². The van der Waals surface area contributed by atoms with Crippen LogP contribution in [0.5, 0.6) is 5.75 Å². The summed E-state index contributed by atoms with van der Waals surface area (Å²) in [5.74, 6) is -0.0343. The van der Waals surface area contributed by atoms with Gasteiger partial charge >= 0.3 is 5.97 Å². The van der Waals surface area contributed by atoms with Crippen LogP contribution in [0.2, 0.25) is 0 Å². The molecule has 1 N–H and O–H groups in total. The van der Waals surface area contributed by atoms with Crippen LogP contribution in [0.25, 0.3) is 11.1 Å². The number of benzene rings is 3. The van der Waals surface area contributed by atoms with Crippen molar-refractivity contribution >= 4 is 5.97 Å². The summed E-state index contributed by atoms with van der Waals surface area (Å²) in [5.41, 5.74) is 4.99. The van der Waals surface area contributed by atoms with Gasteiger partial charge in [0.1, 0.15) is 12.4 Å². The Kier molecular flexibility index (Phi) is 5.14. The molecule has 3 aromatic rings. The highest BCUT2D eigenvalue weighted by molar-refractivity contribution is 5.77. The van der Waals surface area contributed by atoms with Crippen molar-refractivity contribution in [3.8, 4) is 16.9 Å². The Morgan fingerprint density at radius 2 is 1.68 bits per heavy atom. The Labute approximate surface area is 147 Å². The van der Waals surface area contributed by atoms with Gasteiger partial charge in [-0.15, -0.1) is 0 Å². The first-order valence-electron chi connectivity index (χ1n) is 8.20. The highest BCUT2D eigenvalue weighted by Gasteiger charge is 2.09. The number of aryl methyl sites for hydroxylation is 1. The van der Waals surface area contributed by atoms with Crippen molar-refractivity contribution in [2.75, 3.05) is 0 Å². The number of carboxylic acids is 1. The third-order valence-electron chi connectivity index (χ3n) is 4.02. The molecule has 0 aliphatic heterocycles. The number of rotatable bonds is 6. The summed E-state index contributed by atoms with van der Waals surface area (Å²) in [4.78, 5) is 11.1. The van der Waals surface area contributed by atoms with E-state index in [0.717, 1.165) is 33.6 Å². The third kappa shape index (κ3) is 4.48. The molecule has 0 aliphatic carbocycles. The van der Waals surface area contributed by atoms with Crippen LogP contribution in [0.15, 0.2) is 72.8 Å². The Morgan fingerprint density at radius 3 is 2.36 bits per heavy atom. The van der Waals surface area contributed by atoms with Gasteiger partial charge in [0.05, 0.1) is 6.42 Å². The van der Waals surface area contributed by atoms with E-state index >= 15 is 0 Å². The largest absolute Gasteiger partial charge is 0.489 e. The Hall–Kier alpha value is -3.07. The lowest BCUT2D eigenvalue weighted by molar-refractivity contribution is -0.136. The molecule has 25 heavy (non-hydrogen) atoms. The minimum atomic E-state index is -0.826. The van der Waals surface area contributed by atoms with E-state index in [1.165, 1.54) is 0 Å². The summed E-state index contributed by atoms with van der Waals surface area (Å²) in [6.45, 7) is 2.53. The second kappa shape index (κ2) is 7.67. The smallest absolute Gasteiger partial charge is 0.307 e. The third-order valence-corrected chi connectivity index (χ3v) is 4.02. The van der Waals surface area contributed by atoms with E-state index in [-0.39, 0.29) is 6.42 Å². The maximum Gasteiger partial charge on any atom is 0.307 e. The highest BCUT2D eigenvalue weighted by Crippen LogP contribution is 2.27. The Balaban J connectivity index is 1.78. The van der Waals surface area contributed by atoms with Crippen LogP contribution in [-0.4, -0.2) is 11.1 Å². The lowest BCUT2D eigenvalue weighted by atomic mass is 9.96. The maximum atomic E-state index is 11.1. The first-order valence-corrected chi connectivity index (χ1v) is 8.20. The zero-order chi connectivity index (χ0) is 17.6. The van der Waals surface area contributed by atoms with Gasteiger partial charge in [-0.2, -0.15) is 0 Å². The van der Waals surface area contributed by atoms with Crippen molar-refractivity contribution in [1.29, 1.82) is 0 Å². The zero-order valence-electron chi connectivity index (χ0n) is 14.1. The molecule has 0 unspecified atom stereocenters. The first kappa shape index (κ1) is 16.8. The average molecular weight is 332 g/mol. The Bertz CT molecular complexity index is 852. The van der Waals surface area contributed by atoms with Gasteiger partial charge in [-0.05, 0) is 41.3 Å². The molecule has 0 amide bonds. The van der Waals surface area contributed by atoms with Crippen LogP contribution in [0.1, 0.15) is 16.7 Å². The molecular weight excluding hydrogens is 312 g/mol. The van der Waals surface area contributed by atoms with Crippen LogP contribution >= 0.6 is 0 Å². The lowest BCUT2D eigenvalue weighted by Gasteiger charge is -2.11. The van der Waals surface area contributed by atoms with Crippen LogP contribution in [0.3, 0.4) is 0 Å². The molecule has 3 aromatic carbocycles. The molecule has 126 valence electrons. The maximum absolute atomic E-state index is 11.1. The number of aliphatic carboxylic acids is 1. The minimum Gasteiger partial charge on any atom is -0.489 e. The quantitative estimate of drug-likeness (QED) is 0.700. The predicted molar refractivity (Wildman–Crippen MR) is 98.7 cm³/mol. The van der Waals surface area contributed by atoms with Gasteiger partial charge in [0.25, 0.3) is 0 Å². The zero-order valence-corrected chi connectivity index (χ0v) is 14.1. The Morgan fingerprint density at radius 1 is 0.960 bits per heavy atom. The summed E-state index contributed by atoms with van der Waals surface area (Å²) < 4.78 is 5.81. The topological polar surface area (TPSA) is 46.5 Å². The SMILES string of the molecule is Cc1ccc(CC(=O)O)c(-c2ccc(OCc3ccccc3)cc2)c1. The fraction of sp³-hybridized carbons (Fsp3) is 0.136. The number of hydrogen-bond acceptors (Lipinski definition) is 2. The number of carboxylic acid groups (broad SMARTS) is 1. The highest BCUT2D eigenvalue weighted by atomic mass is 16.5. The number of hydrogen-bond donors (Lipinski definition) is 1. The lowest BCUT2D eigenvalue weighted by Crippen LogP contribution is -2.02. The molecule has 3 heteroatoms. The molecular formula is C22H20O3. The fourth-order valence-corrected chi connectivity index (χ4v) is 2.75. The second-order valence-corrected chi connectivity index (χ2v) is 6.03. The first-order chi connectivity index (χ1) is 12.1. The van der Waals surface area contributed by atoms with Crippen molar-refractivity contribution in [3.05, 3.63) is 89.5 Å².